The van der Waals surface area contributed by atoms with Crippen molar-refractivity contribution in [3.05, 3.63) is 32.6 Å². The van der Waals surface area contributed by atoms with Crippen LogP contribution in [-0.4, -0.2) is 20.9 Å². The van der Waals surface area contributed by atoms with E-state index in [1.807, 2.05) is 4.98 Å². The third-order valence-corrected chi connectivity index (χ3v) is 1.84. The summed E-state index contributed by atoms with van der Waals surface area (Å²) in [6.07, 6.45) is 1.28. The molecule has 7 nitrogen and oxygen atoms in total. The average Bonchev–Trinajstić information content (AvgIpc) is 2.47. The molecule has 0 aliphatic rings. The van der Waals surface area contributed by atoms with Gasteiger partial charge in [0.1, 0.15) is 5.52 Å². The Bertz CT molecular complexity index is 623. The molecule has 0 saturated heterocycles. The van der Waals surface area contributed by atoms with Gasteiger partial charge in [0.05, 0.1) is 11.1 Å². The number of amides is 1. The van der Waals surface area contributed by atoms with E-state index in [2.05, 4.69) is 9.97 Å². The molecule has 0 aromatic carbocycles. The molecule has 0 saturated carbocycles. The Morgan fingerprint density at radius 1 is 1.20 bits per heavy atom. The molecule has 2 aromatic rings. The second kappa shape index (κ2) is 3.62. The van der Waals surface area contributed by atoms with Crippen LogP contribution in [0.4, 0.5) is 0 Å². The lowest BCUT2D eigenvalue weighted by Crippen LogP contribution is -2.22. The van der Waals surface area contributed by atoms with Crippen molar-refractivity contribution in [1.29, 1.82) is 0 Å². The topological polar surface area (TPSA) is 125 Å². The van der Waals surface area contributed by atoms with Gasteiger partial charge >= 0.3 is 5.69 Å². The van der Waals surface area contributed by atoms with Crippen molar-refractivity contribution in [2.24, 2.45) is 5.73 Å². The molecule has 15 heavy (non-hydrogen) atoms. The number of hydrogen-bond acceptors (Lipinski definition) is 3. The van der Waals surface area contributed by atoms with Crippen LogP contribution in [0.3, 0.4) is 0 Å². The molecular weight excluding hydrogens is 224 g/mol. The third kappa shape index (κ3) is 1.64. The molecule has 8 heteroatoms. The second-order valence-corrected chi connectivity index (χ2v) is 2.72. The Morgan fingerprint density at radius 3 is 2.47 bits per heavy atom. The van der Waals surface area contributed by atoms with Crippen LogP contribution in [0.15, 0.2) is 15.8 Å². The van der Waals surface area contributed by atoms with E-state index in [1.54, 1.807) is 0 Å². The first-order valence-corrected chi connectivity index (χ1v) is 3.73. The largest absolute Gasteiger partial charge is 0.365 e. The number of fused-ring (bicyclic) bond motifs is 1. The summed E-state index contributed by atoms with van der Waals surface area (Å²) in [5.74, 6) is -0.711. The van der Waals surface area contributed by atoms with E-state index in [0.29, 0.717) is 0 Å². The van der Waals surface area contributed by atoms with E-state index in [-0.39, 0.29) is 29.0 Å². The molecule has 0 unspecified atom stereocenters. The van der Waals surface area contributed by atoms with Crippen LogP contribution in [0.1, 0.15) is 10.4 Å². The van der Waals surface area contributed by atoms with Gasteiger partial charge in [-0.25, -0.2) is 4.79 Å². The van der Waals surface area contributed by atoms with Gasteiger partial charge in [0.2, 0.25) is 0 Å². The first-order valence-electron chi connectivity index (χ1n) is 3.73. The number of carbonyl (C=O) groups is 1. The Balaban J connectivity index is 0.00000112. The van der Waals surface area contributed by atoms with Gasteiger partial charge in [0.15, 0.2) is 0 Å². The van der Waals surface area contributed by atoms with E-state index in [0.717, 1.165) is 0 Å². The number of halogens is 1. The van der Waals surface area contributed by atoms with Crippen molar-refractivity contribution in [2.45, 2.75) is 0 Å². The van der Waals surface area contributed by atoms with Crippen LogP contribution in [0, 0.1) is 0 Å². The smallest absolute Gasteiger partial charge is 0.326 e. The van der Waals surface area contributed by atoms with Crippen molar-refractivity contribution in [3.8, 4) is 0 Å². The van der Waals surface area contributed by atoms with Crippen LogP contribution in [0.25, 0.3) is 11.0 Å². The van der Waals surface area contributed by atoms with Crippen molar-refractivity contribution < 1.29 is 4.79 Å². The van der Waals surface area contributed by atoms with Gasteiger partial charge in [-0.05, 0) is 0 Å². The Morgan fingerprint density at radius 2 is 1.87 bits per heavy atom. The summed E-state index contributed by atoms with van der Waals surface area (Å²) < 4.78 is 0. The van der Waals surface area contributed by atoms with Gasteiger partial charge < -0.3 is 15.7 Å². The molecule has 0 aliphatic heterocycles. The SMILES string of the molecule is Cl.NC(=O)c1c[nH]c2c(=O)[nH]c(=O)[nH]c12. The first-order chi connectivity index (χ1) is 6.59. The molecule has 0 bridgehead atoms. The van der Waals surface area contributed by atoms with Crippen LogP contribution >= 0.6 is 12.4 Å². The van der Waals surface area contributed by atoms with E-state index < -0.39 is 17.2 Å². The van der Waals surface area contributed by atoms with Gasteiger partial charge in [-0.1, -0.05) is 0 Å². The molecule has 2 heterocycles. The fourth-order valence-electron chi connectivity index (χ4n) is 1.24. The highest BCUT2D eigenvalue weighted by Crippen LogP contribution is 2.08. The zero-order valence-corrected chi connectivity index (χ0v) is 8.10. The molecule has 0 atom stereocenters. The first kappa shape index (κ1) is 11.1. The summed E-state index contributed by atoms with van der Waals surface area (Å²) in [4.78, 5) is 39.8. The lowest BCUT2D eigenvalue weighted by molar-refractivity contribution is 0.100. The molecule has 2 rings (SSSR count). The molecular formula is C7H7ClN4O3. The number of rotatable bonds is 1. The van der Waals surface area contributed by atoms with E-state index >= 15 is 0 Å². The predicted molar refractivity (Wildman–Crippen MR) is 55.3 cm³/mol. The second-order valence-electron chi connectivity index (χ2n) is 2.72. The molecule has 80 valence electrons. The maximum Gasteiger partial charge on any atom is 0.326 e. The van der Waals surface area contributed by atoms with E-state index in [1.165, 1.54) is 6.20 Å². The maximum atomic E-state index is 11.2. The van der Waals surface area contributed by atoms with Crippen LogP contribution in [0.5, 0.6) is 0 Å². The van der Waals surface area contributed by atoms with Crippen molar-refractivity contribution in [3.63, 3.8) is 0 Å². The van der Waals surface area contributed by atoms with Gasteiger partial charge in [-0.3, -0.25) is 14.6 Å². The number of primary amides is 1. The zero-order chi connectivity index (χ0) is 10.3. The van der Waals surface area contributed by atoms with Crippen LogP contribution < -0.4 is 17.0 Å². The third-order valence-electron chi connectivity index (χ3n) is 1.84. The summed E-state index contributed by atoms with van der Waals surface area (Å²) in [7, 11) is 0. The highest BCUT2D eigenvalue weighted by molar-refractivity contribution is 6.03. The minimum Gasteiger partial charge on any atom is -0.365 e. The quantitative estimate of drug-likeness (QED) is 0.505. The molecule has 0 fully saturated rings. The van der Waals surface area contributed by atoms with Crippen LogP contribution in [-0.2, 0) is 0 Å². The number of carbonyl (C=O) groups excluding carboxylic acids is 1. The lowest BCUT2D eigenvalue weighted by Gasteiger charge is -1.90. The predicted octanol–water partition coefficient (Wildman–Crippen LogP) is -0.935. The Hall–Kier alpha value is -2.02. The molecule has 5 N–H and O–H groups in total. The summed E-state index contributed by atoms with van der Waals surface area (Å²) in [5, 5.41) is 0. The Labute approximate surface area is 88.1 Å². The summed E-state index contributed by atoms with van der Waals surface area (Å²) in [6.45, 7) is 0. The monoisotopic (exact) mass is 230 g/mol. The molecule has 2 aromatic heterocycles. The van der Waals surface area contributed by atoms with E-state index in [9.17, 15) is 14.4 Å². The molecule has 0 radical (unpaired) electrons. The number of nitrogens with two attached hydrogens (primary N) is 1. The number of aromatic nitrogens is 3. The normalized spacial score (nSPS) is 9.87. The molecule has 0 aliphatic carbocycles. The van der Waals surface area contributed by atoms with Crippen molar-refractivity contribution in [1.82, 2.24) is 15.0 Å². The maximum absolute atomic E-state index is 11.2. The fourth-order valence-corrected chi connectivity index (χ4v) is 1.24. The summed E-state index contributed by atoms with van der Waals surface area (Å²) >= 11 is 0. The van der Waals surface area contributed by atoms with Gasteiger partial charge in [0.25, 0.3) is 11.5 Å². The average molecular weight is 231 g/mol. The minimum atomic E-state index is -0.711. The summed E-state index contributed by atoms with van der Waals surface area (Å²) in [6, 6.07) is 0. The number of hydrogen-bond donors (Lipinski definition) is 4. The minimum absolute atomic E-state index is 0. The number of nitrogens with one attached hydrogen (secondary N) is 3. The Kier molecular flexibility index (Phi) is 2.67. The molecule has 0 spiro atoms. The standard InChI is InChI=1S/C7H6N4O3.ClH/c8-5(12)2-1-9-4-3(2)10-7(14)11-6(4)13;/h1,9H,(H2,8,12)(H2,10,11,13,14);1H. The highest BCUT2D eigenvalue weighted by atomic mass is 35.5. The van der Waals surface area contributed by atoms with Gasteiger partial charge in [0, 0.05) is 6.20 Å². The number of H-pyrrole nitrogens is 3. The number of aromatic amines is 3. The lowest BCUT2D eigenvalue weighted by atomic mass is 10.3. The van der Waals surface area contributed by atoms with Gasteiger partial charge in [-0.15, -0.1) is 12.4 Å². The van der Waals surface area contributed by atoms with Crippen molar-refractivity contribution >= 4 is 29.3 Å². The van der Waals surface area contributed by atoms with E-state index in [4.69, 9.17) is 5.73 Å². The fraction of sp³-hybridized carbons (Fsp3) is 0. The van der Waals surface area contributed by atoms with Crippen LogP contribution in [0.2, 0.25) is 0 Å². The zero-order valence-electron chi connectivity index (χ0n) is 7.29. The summed E-state index contributed by atoms with van der Waals surface area (Å²) in [5.41, 5.74) is 4.11. The van der Waals surface area contributed by atoms with Gasteiger partial charge in [-0.2, -0.15) is 0 Å². The molecule has 1 amide bonds. The highest BCUT2D eigenvalue weighted by Gasteiger charge is 2.11. The van der Waals surface area contributed by atoms with Crippen molar-refractivity contribution in [2.75, 3.05) is 0 Å².